The summed E-state index contributed by atoms with van der Waals surface area (Å²) >= 11 is 0. The van der Waals surface area contributed by atoms with Gasteiger partial charge in [-0.05, 0) is 31.2 Å². The number of hydrogen-bond donors (Lipinski definition) is 2. The second-order valence-electron chi connectivity index (χ2n) is 6.30. The van der Waals surface area contributed by atoms with Crippen LogP contribution in [-0.2, 0) is 0 Å². The molecule has 0 spiro atoms. The highest BCUT2D eigenvalue weighted by atomic mass is 19.1. The van der Waals surface area contributed by atoms with Crippen LogP contribution in [0.2, 0.25) is 0 Å². The molecule has 8 heteroatoms. The second kappa shape index (κ2) is 7.51. The lowest BCUT2D eigenvalue weighted by molar-refractivity contribution is 0.0843. The van der Waals surface area contributed by atoms with Crippen molar-refractivity contribution in [2.24, 2.45) is 0 Å². The summed E-state index contributed by atoms with van der Waals surface area (Å²) < 4.78 is 15.3. The monoisotopic (exact) mass is 389 g/mol. The van der Waals surface area contributed by atoms with Crippen molar-refractivity contribution in [1.82, 2.24) is 25.6 Å². The van der Waals surface area contributed by atoms with E-state index in [1.807, 2.05) is 18.2 Å². The topological polar surface area (TPSA) is 88.9 Å². The number of para-hydroxylation sites is 2. The third-order valence-corrected chi connectivity index (χ3v) is 4.46. The minimum absolute atomic E-state index is 0.169. The van der Waals surface area contributed by atoms with Crippen LogP contribution in [0.1, 0.15) is 26.5 Å². The van der Waals surface area contributed by atoms with Gasteiger partial charge in [-0.15, -0.1) is 0 Å². The first kappa shape index (κ1) is 18.3. The number of hydrazine groups is 1. The van der Waals surface area contributed by atoms with Crippen molar-refractivity contribution < 1.29 is 14.0 Å². The van der Waals surface area contributed by atoms with E-state index in [1.54, 1.807) is 43.3 Å². The molecule has 0 atom stereocenters. The predicted molar refractivity (Wildman–Crippen MR) is 105 cm³/mol. The van der Waals surface area contributed by atoms with E-state index in [1.165, 1.54) is 16.9 Å². The molecule has 0 saturated heterocycles. The van der Waals surface area contributed by atoms with Gasteiger partial charge in [0.15, 0.2) is 0 Å². The van der Waals surface area contributed by atoms with E-state index in [0.29, 0.717) is 11.2 Å². The number of benzene rings is 2. The molecule has 0 aliphatic carbocycles. The zero-order chi connectivity index (χ0) is 20.4. The third-order valence-electron chi connectivity index (χ3n) is 4.46. The fraction of sp³-hybridized carbons (Fsp3) is 0.0476. The van der Waals surface area contributed by atoms with Gasteiger partial charge in [-0.25, -0.2) is 14.1 Å². The number of aromatic nitrogens is 3. The number of nitrogens with one attached hydrogen (secondary N) is 2. The van der Waals surface area contributed by atoms with Gasteiger partial charge in [0.25, 0.3) is 11.8 Å². The summed E-state index contributed by atoms with van der Waals surface area (Å²) in [4.78, 5) is 29.0. The minimum atomic E-state index is -0.570. The average molecular weight is 389 g/mol. The van der Waals surface area contributed by atoms with Crippen molar-refractivity contribution in [3.63, 3.8) is 0 Å². The molecule has 0 fully saturated rings. The van der Waals surface area contributed by atoms with E-state index in [-0.39, 0.29) is 16.9 Å². The van der Waals surface area contributed by atoms with Crippen LogP contribution in [0.15, 0.2) is 66.9 Å². The SMILES string of the molecule is Cc1c(C(=O)NNC(=O)c2ccc3ccccc3n2)cnn1-c1ccccc1F. The van der Waals surface area contributed by atoms with Crippen LogP contribution < -0.4 is 10.9 Å². The lowest BCUT2D eigenvalue weighted by atomic mass is 10.2. The molecule has 4 aromatic rings. The Morgan fingerprint density at radius 1 is 0.931 bits per heavy atom. The summed E-state index contributed by atoms with van der Waals surface area (Å²) in [6, 6.07) is 16.9. The number of hydrogen-bond acceptors (Lipinski definition) is 4. The quantitative estimate of drug-likeness (QED) is 0.527. The van der Waals surface area contributed by atoms with Crippen molar-refractivity contribution in [2.45, 2.75) is 6.92 Å². The maximum Gasteiger partial charge on any atom is 0.288 e. The van der Waals surface area contributed by atoms with Crippen LogP contribution >= 0.6 is 0 Å². The Kier molecular flexibility index (Phi) is 4.74. The molecule has 2 aromatic carbocycles. The average Bonchev–Trinajstić information content (AvgIpc) is 3.13. The Balaban J connectivity index is 1.48. The summed E-state index contributed by atoms with van der Waals surface area (Å²) in [6.07, 6.45) is 1.32. The lowest BCUT2D eigenvalue weighted by Gasteiger charge is -2.08. The molecule has 0 unspecified atom stereocenters. The molecule has 2 aromatic heterocycles. The van der Waals surface area contributed by atoms with E-state index in [2.05, 4.69) is 20.9 Å². The molecule has 0 saturated carbocycles. The van der Waals surface area contributed by atoms with E-state index in [4.69, 9.17) is 0 Å². The summed E-state index contributed by atoms with van der Waals surface area (Å²) in [5.74, 6) is -1.58. The maximum atomic E-state index is 14.0. The lowest BCUT2D eigenvalue weighted by Crippen LogP contribution is -2.42. The Bertz CT molecular complexity index is 1230. The molecule has 4 rings (SSSR count). The van der Waals surface area contributed by atoms with E-state index >= 15 is 0 Å². The van der Waals surface area contributed by atoms with Crippen LogP contribution in [0.3, 0.4) is 0 Å². The number of amides is 2. The maximum absolute atomic E-state index is 14.0. The van der Waals surface area contributed by atoms with Crippen LogP contribution in [0.4, 0.5) is 4.39 Å². The number of fused-ring (bicyclic) bond motifs is 1. The molecule has 7 nitrogen and oxygen atoms in total. The summed E-state index contributed by atoms with van der Waals surface area (Å²) in [7, 11) is 0. The molecular formula is C21H16FN5O2. The van der Waals surface area contributed by atoms with Gasteiger partial charge in [-0.1, -0.05) is 36.4 Å². The fourth-order valence-electron chi connectivity index (χ4n) is 2.94. The smallest absolute Gasteiger partial charge is 0.267 e. The molecule has 0 aliphatic heterocycles. The van der Waals surface area contributed by atoms with Gasteiger partial charge in [0.1, 0.15) is 17.2 Å². The molecule has 144 valence electrons. The third kappa shape index (κ3) is 3.55. The zero-order valence-electron chi connectivity index (χ0n) is 15.4. The van der Waals surface area contributed by atoms with Crippen LogP contribution in [0, 0.1) is 12.7 Å². The molecular weight excluding hydrogens is 373 g/mol. The number of carbonyl (C=O) groups excluding carboxylic acids is 2. The van der Waals surface area contributed by atoms with Gasteiger partial charge in [-0.3, -0.25) is 20.4 Å². The first-order chi connectivity index (χ1) is 14.0. The zero-order valence-corrected chi connectivity index (χ0v) is 15.4. The first-order valence-electron chi connectivity index (χ1n) is 8.80. The predicted octanol–water partition coefficient (Wildman–Crippen LogP) is 2.94. The highest BCUT2D eigenvalue weighted by Crippen LogP contribution is 2.17. The normalized spacial score (nSPS) is 10.7. The summed E-state index contributed by atoms with van der Waals surface area (Å²) in [6.45, 7) is 1.64. The molecule has 29 heavy (non-hydrogen) atoms. The highest BCUT2D eigenvalue weighted by molar-refractivity contribution is 5.99. The van der Waals surface area contributed by atoms with Crippen molar-refractivity contribution in [1.29, 1.82) is 0 Å². The van der Waals surface area contributed by atoms with Gasteiger partial charge >= 0.3 is 0 Å². The fourth-order valence-corrected chi connectivity index (χ4v) is 2.94. The van der Waals surface area contributed by atoms with Crippen molar-refractivity contribution in [3.05, 3.63) is 89.6 Å². The number of halogens is 1. The van der Waals surface area contributed by atoms with Crippen molar-refractivity contribution in [2.75, 3.05) is 0 Å². The number of rotatable bonds is 3. The van der Waals surface area contributed by atoms with Crippen molar-refractivity contribution in [3.8, 4) is 5.69 Å². The Hall–Kier alpha value is -4.07. The summed E-state index contributed by atoms with van der Waals surface area (Å²) in [5, 5.41) is 4.98. The van der Waals surface area contributed by atoms with Gasteiger partial charge in [-0.2, -0.15) is 5.10 Å². The van der Waals surface area contributed by atoms with Crippen molar-refractivity contribution >= 4 is 22.7 Å². The molecule has 0 bridgehead atoms. The van der Waals surface area contributed by atoms with Crippen LogP contribution in [0.5, 0.6) is 0 Å². The highest BCUT2D eigenvalue weighted by Gasteiger charge is 2.18. The molecule has 0 radical (unpaired) electrons. The minimum Gasteiger partial charge on any atom is -0.267 e. The molecule has 0 aliphatic rings. The van der Waals surface area contributed by atoms with Crippen LogP contribution in [-0.4, -0.2) is 26.6 Å². The number of nitrogens with zero attached hydrogens (tertiary/aromatic N) is 3. The van der Waals surface area contributed by atoms with E-state index in [9.17, 15) is 14.0 Å². The van der Waals surface area contributed by atoms with E-state index < -0.39 is 17.6 Å². The van der Waals surface area contributed by atoms with Gasteiger partial charge in [0.05, 0.1) is 23.0 Å². The van der Waals surface area contributed by atoms with Gasteiger partial charge in [0.2, 0.25) is 0 Å². The van der Waals surface area contributed by atoms with Crippen LogP contribution in [0.25, 0.3) is 16.6 Å². The standard InChI is InChI=1S/C21H16FN5O2/c1-13-15(12-23-27(13)19-9-5-3-7-16(19)22)20(28)25-26-21(29)18-11-10-14-6-2-4-8-17(14)24-18/h2-12H,1H3,(H,25,28)(H,26,29). The van der Waals surface area contributed by atoms with E-state index in [0.717, 1.165) is 5.39 Å². The Morgan fingerprint density at radius 2 is 1.66 bits per heavy atom. The first-order valence-corrected chi connectivity index (χ1v) is 8.80. The molecule has 2 amide bonds. The Labute approximate surface area is 165 Å². The Morgan fingerprint density at radius 3 is 2.48 bits per heavy atom. The number of pyridine rings is 1. The largest absolute Gasteiger partial charge is 0.288 e. The summed E-state index contributed by atoms with van der Waals surface area (Å²) in [5.41, 5.74) is 6.40. The molecule has 2 heterocycles. The number of carbonyl (C=O) groups is 2. The second-order valence-corrected chi connectivity index (χ2v) is 6.30. The van der Waals surface area contributed by atoms with Gasteiger partial charge < -0.3 is 0 Å². The molecule has 2 N–H and O–H groups in total. The van der Waals surface area contributed by atoms with Gasteiger partial charge in [0, 0.05) is 5.39 Å².